The van der Waals surface area contributed by atoms with Crippen LogP contribution in [-0.2, 0) is 26.2 Å². The molecule has 0 saturated heterocycles. The second-order valence-corrected chi connectivity index (χ2v) is 11.4. The Bertz CT molecular complexity index is 1110. The van der Waals surface area contributed by atoms with E-state index in [1.54, 1.807) is 42.5 Å². The number of hydrogen-bond acceptors (Lipinski definition) is 4. The molecular formula is C25H33Cl2N3O4S. The van der Waals surface area contributed by atoms with Crippen molar-refractivity contribution in [2.45, 2.75) is 58.7 Å². The van der Waals surface area contributed by atoms with Crippen molar-refractivity contribution in [3.63, 3.8) is 0 Å². The van der Waals surface area contributed by atoms with Gasteiger partial charge in [-0.3, -0.25) is 13.9 Å². The third kappa shape index (κ3) is 8.70. The van der Waals surface area contributed by atoms with Gasteiger partial charge in [-0.05, 0) is 56.5 Å². The number of hydrogen-bond donors (Lipinski definition) is 1. The van der Waals surface area contributed by atoms with Crippen molar-refractivity contribution in [3.8, 4) is 0 Å². The third-order valence-corrected chi connectivity index (χ3v) is 7.28. The number of sulfonamides is 1. The summed E-state index contributed by atoms with van der Waals surface area (Å²) in [5, 5.41) is 3.65. The van der Waals surface area contributed by atoms with E-state index >= 15 is 0 Å². The summed E-state index contributed by atoms with van der Waals surface area (Å²) in [7, 11) is -3.52. The molecule has 0 fully saturated rings. The van der Waals surface area contributed by atoms with E-state index < -0.39 is 16.1 Å². The van der Waals surface area contributed by atoms with E-state index in [9.17, 15) is 18.0 Å². The smallest absolute Gasteiger partial charge is 0.243 e. The predicted octanol–water partition coefficient (Wildman–Crippen LogP) is 4.87. The molecule has 10 heteroatoms. The van der Waals surface area contributed by atoms with Gasteiger partial charge < -0.3 is 10.2 Å². The number of benzene rings is 2. The van der Waals surface area contributed by atoms with E-state index in [2.05, 4.69) is 5.32 Å². The lowest BCUT2D eigenvalue weighted by Gasteiger charge is -2.31. The number of amides is 2. The van der Waals surface area contributed by atoms with Gasteiger partial charge in [-0.15, -0.1) is 0 Å². The SMILES string of the molecule is CC[C@@H](C(=O)NC(C)C)N(Cc1ccc(Cl)c(Cl)c1)C(=O)CCCN(c1ccccc1)S(C)(=O)=O. The third-order valence-electron chi connectivity index (χ3n) is 5.35. The summed E-state index contributed by atoms with van der Waals surface area (Å²) in [6, 6.07) is 13.1. The Hall–Kier alpha value is -2.29. The van der Waals surface area contributed by atoms with E-state index in [0.717, 1.165) is 11.8 Å². The molecule has 0 unspecified atom stereocenters. The van der Waals surface area contributed by atoms with Crippen molar-refractivity contribution < 1.29 is 18.0 Å². The van der Waals surface area contributed by atoms with Crippen LogP contribution in [0.4, 0.5) is 5.69 Å². The first-order valence-corrected chi connectivity index (χ1v) is 14.1. The summed E-state index contributed by atoms with van der Waals surface area (Å²) in [5.41, 5.74) is 1.28. The van der Waals surface area contributed by atoms with Gasteiger partial charge in [-0.25, -0.2) is 8.42 Å². The molecule has 2 aromatic carbocycles. The molecule has 0 saturated carbocycles. The van der Waals surface area contributed by atoms with Gasteiger partial charge in [0.15, 0.2) is 0 Å². The van der Waals surface area contributed by atoms with Crippen LogP contribution in [0.3, 0.4) is 0 Å². The number of carbonyl (C=O) groups excluding carboxylic acids is 2. The van der Waals surface area contributed by atoms with Crippen LogP contribution in [-0.4, -0.2) is 50.0 Å². The molecular weight excluding hydrogens is 509 g/mol. The molecule has 2 aromatic rings. The van der Waals surface area contributed by atoms with Gasteiger partial charge in [0, 0.05) is 25.6 Å². The lowest BCUT2D eigenvalue weighted by atomic mass is 10.1. The van der Waals surface area contributed by atoms with Crippen molar-refractivity contribution in [3.05, 3.63) is 64.1 Å². The van der Waals surface area contributed by atoms with Crippen molar-refractivity contribution >= 4 is 50.7 Å². The zero-order valence-electron chi connectivity index (χ0n) is 20.5. The quantitative estimate of drug-likeness (QED) is 0.415. The minimum Gasteiger partial charge on any atom is -0.352 e. The monoisotopic (exact) mass is 541 g/mol. The highest BCUT2D eigenvalue weighted by atomic mass is 35.5. The normalized spacial score (nSPS) is 12.3. The fraction of sp³-hybridized carbons (Fsp3) is 0.440. The van der Waals surface area contributed by atoms with Gasteiger partial charge in [0.1, 0.15) is 6.04 Å². The molecule has 1 atom stereocenters. The highest BCUT2D eigenvalue weighted by Crippen LogP contribution is 2.25. The summed E-state index contributed by atoms with van der Waals surface area (Å²) < 4.78 is 26.0. The fourth-order valence-electron chi connectivity index (χ4n) is 3.73. The Morgan fingerprint density at radius 1 is 1.03 bits per heavy atom. The Balaban J connectivity index is 2.23. The first kappa shape index (κ1) is 28.9. The largest absolute Gasteiger partial charge is 0.352 e. The lowest BCUT2D eigenvalue weighted by Crippen LogP contribution is -2.50. The van der Waals surface area contributed by atoms with E-state index in [1.807, 2.05) is 26.8 Å². The van der Waals surface area contributed by atoms with E-state index in [1.165, 1.54) is 9.21 Å². The van der Waals surface area contributed by atoms with Gasteiger partial charge in [0.05, 0.1) is 22.0 Å². The Kier molecular flexibility index (Phi) is 10.9. The number of nitrogens with zero attached hydrogens (tertiary/aromatic N) is 2. The molecule has 0 aromatic heterocycles. The number of anilines is 1. The van der Waals surface area contributed by atoms with E-state index in [4.69, 9.17) is 23.2 Å². The van der Waals surface area contributed by atoms with Crippen LogP contribution < -0.4 is 9.62 Å². The molecule has 2 rings (SSSR count). The van der Waals surface area contributed by atoms with Gasteiger partial charge in [-0.1, -0.05) is 54.4 Å². The van der Waals surface area contributed by atoms with Gasteiger partial charge in [0.2, 0.25) is 21.8 Å². The number of carbonyl (C=O) groups is 2. The first-order valence-electron chi connectivity index (χ1n) is 11.5. The maximum atomic E-state index is 13.4. The van der Waals surface area contributed by atoms with Gasteiger partial charge >= 0.3 is 0 Å². The molecule has 0 bridgehead atoms. The van der Waals surface area contributed by atoms with Crippen LogP contribution in [0.5, 0.6) is 0 Å². The average molecular weight is 543 g/mol. The molecule has 35 heavy (non-hydrogen) atoms. The minimum atomic E-state index is -3.52. The maximum absolute atomic E-state index is 13.4. The zero-order valence-corrected chi connectivity index (χ0v) is 22.8. The second-order valence-electron chi connectivity index (χ2n) is 8.63. The van der Waals surface area contributed by atoms with Crippen molar-refractivity contribution in [1.29, 1.82) is 0 Å². The lowest BCUT2D eigenvalue weighted by molar-refractivity contribution is -0.141. The Labute approximate surface area is 218 Å². The maximum Gasteiger partial charge on any atom is 0.243 e. The second kappa shape index (κ2) is 13.1. The average Bonchev–Trinajstić information content (AvgIpc) is 2.78. The predicted molar refractivity (Wildman–Crippen MR) is 142 cm³/mol. The molecule has 0 radical (unpaired) electrons. The molecule has 7 nitrogen and oxygen atoms in total. The van der Waals surface area contributed by atoms with Crippen molar-refractivity contribution in [1.82, 2.24) is 10.2 Å². The van der Waals surface area contributed by atoms with Gasteiger partial charge in [-0.2, -0.15) is 0 Å². The van der Waals surface area contributed by atoms with Crippen LogP contribution in [0.1, 0.15) is 45.6 Å². The van der Waals surface area contributed by atoms with Gasteiger partial charge in [0.25, 0.3) is 0 Å². The number of halogens is 2. The van der Waals surface area contributed by atoms with Crippen molar-refractivity contribution in [2.75, 3.05) is 17.1 Å². The standard InChI is InChI=1S/C25H33Cl2N3O4S/c1-5-23(25(32)28-18(2)3)29(17-19-13-14-21(26)22(27)16-19)24(31)12-9-15-30(35(4,33)34)20-10-7-6-8-11-20/h6-8,10-11,13-14,16,18,23H,5,9,12,15,17H2,1-4H3,(H,28,32)/t23-/m0/s1. The summed E-state index contributed by atoms with van der Waals surface area (Å²) >= 11 is 12.2. The first-order chi connectivity index (χ1) is 16.4. The number of rotatable bonds is 12. The number of para-hydroxylation sites is 1. The van der Waals surface area contributed by atoms with Crippen LogP contribution in [0.2, 0.25) is 10.0 Å². The van der Waals surface area contributed by atoms with E-state index in [-0.39, 0.29) is 37.4 Å². The van der Waals surface area contributed by atoms with E-state index in [0.29, 0.717) is 28.6 Å². The van der Waals surface area contributed by atoms with Crippen LogP contribution in [0.15, 0.2) is 48.5 Å². The summed E-state index contributed by atoms with van der Waals surface area (Å²) in [5.74, 6) is -0.485. The highest BCUT2D eigenvalue weighted by Gasteiger charge is 2.29. The molecule has 0 spiro atoms. The molecule has 0 aliphatic carbocycles. The highest BCUT2D eigenvalue weighted by molar-refractivity contribution is 7.92. The van der Waals surface area contributed by atoms with Crippen LogP contribution >= 0.6 is 23.2 Å². The summed E-state index contributed by atoms with van der Waals surface area (Å²) in [6.07, 6.45) is 1.93. The topological polar surface area (TPSA) is 86.8 Å². The molecule has 2 amide bonds. The summed E-state index contributed by atoms with van der Waals surface area (Å²) in [4.78, 5) is 27.8. The molecule has 1 N–H and O–H groups in total. The van der Waals surface area contributed by atoms with Crippen molar-refractivity contribution in [2.24, 2.45) is 0 Å². The fourth-order valence-corrected chi connectivity index (χ4v) is 5.02. The Morgan fingerprint density at radius 3 is 2.23 bits per heavy atom. The molecule has 192 valence electrons. The Morgan fingerprint density at radius 2 is 1.69 bits per heavy atom. The number of nitrogens with one attached hydrogen (secondary N) is 1. The molecule has 0 heterocycles. The minimum absolute atomic E-state index is 0.0750. The van der Waals surface area contributed by atoms with Crippen LogP contribution in [0, 0.1) is 0 Å². The molecule has 0 aliphatic rings. The van der Waals surface area contributed by atoms with Crippen LogP contribution in [0.25, 0.3) is 0 Å². The zero-order chi connectivity index (χ0) is 26.2. The molecule has 0 aliphatic heterocycles. The summed E-state index contributed by atoms with van der Waals surface area (Å²) in [6.45, 7) is 5.89.